The van der Waals surface area contributed by atoms with E-state index in [1.54, 1.807) is 31.2 Å². The van der Waals surface area contributed by atoms with Crippen LogP contribution in [0.2, 0.25) is 0 Å². The molecule has 0 aliphatic carbocycles. The number of hydrogen-bond acceptors (Lipinski definition) is 2. The van der Waals surface area contributed by atoms with Crippen LogP contribution in [0.4, 0.5) is 13.2 Å². The van der Waals surface area contributed by atoms with E-state index in [2.05, 4.69) is 0 Å². The van der Waals surface area contributed by atoms with E-state index in [0.29, 0.717) is 17.9 Å². The smallest absolute Gasteiger partial charge is 0.416 e. The molecule has 24 heavy (non-hydrogen) atoms. The SMILES string of the molecule is CCOc1cccc(C(Cc2ccccc2C(F)(F)F)C(=O)O)c1. The summed E-state index contributed by atoms with van der Waals surface area (Å²) in [4.78, 5) is 11.6. The van der Waals surface area contributed by atoms with Gasteiger partial charge in [0, 0.05) is 0 Å². The molecule has 0 aromatic heterocycles. The Bertz CT molecular complexity index is 711. The van der Waals surface area contributed by atoms with Gasteiger partial charge in [-0.25, -0.2) is 0 Å². The molecule has 2 aromatic carbocycles. The highest BCUT2D eigenvalue weighted by molar-refractivity contribution is 5.76. The second-order valence-corrected chi connectivity index (χ2v) is 5.26. The first-order chi connectivity index (χ1) is 11.3. The lowest BCUT2D eigenvalue weighted by Crippen LogP contribution is -2.17. The molecular weight excluding hydrogens is 321 g/mol. The summed E-state index contributed by atoms with van der Waals surface area (Å²) in [5, 5.41) is 9.48. The predicted octanol–water partition coefficient (Wildman–Crippen LogP) is 4.52. The molecule has 3 nitrogen and oxygen atoms in total. The van der Waals surface area contributed by atoms with Gasteiger partial charge in [0.05, 0.1) is 18.1 Å². The number of carboxylic acids is 1. The molecule has 0 saturated heterocycles. The minimum absolute atomic E-state index is 0.0424. The van der Waals surface area contributed by atoms with E-state index in [4.69, 9.17) is 4.74 Å². The van der Waals surface area contributed by atoms with Crippen molar-refractivity contribution in [3.8, 4) is 5.75 Å². The van der Waals surface area contributed by atoms with Crippen molar-refractivity contribution >= 4 is 5.97 Å². The highest BCUT2D eigenvalue weighted by atomic mass is 19.4. The second kappa shape index (κ2) is 7.38. The summed E-state index contributed by atoms with van der Waals surface area (Å²) in [6.45, 7) is 2.21. The number of ether oxygens (including phenoxy) is 1. The number of alkyl halides is 3. The van der Waals surface area contributed by atoms with Crippen molar-refractivity contribution in [1.29, 1.82) is 0 Å². The van der Waals surface area contributed by atoms with Crippen LogP contribution in [0.15, 0.2) is 48.5 Å². The van der Waals surface area contributed by atoms with Crippen LogP contribution in [0.5, 0.6) is 5.75 Å². The van der Waals surface area contributed by atoms with Crippen molar-refractivity contribution in [1.82, 2.24) is 0 Å². The standard InChI is InChI=1S/C18H17F3O3/c1-2-24-14-8-5-7-12(10-14)15(17(22)23)11-13-6-3-4-9-16(13)18(19,20)21/h3-10,15H,2,11H2,1H3,(H,22,23). The van der Waals surface area contributed by atoms with Gasteiger partial charge in [-0.1, -0.05) is 30.3 Å². The van der Waals surface area contributed by atoms with Gasteiger partial charge in [0.1, 0.15) is 5.75 Å². The molecule has 0 heterocycles. The van der Waals surface area contributed by atoms with Gasteiger partial charge < -0.3 is 9.84 Å². The number of aliphatic carboxylic acids is 1. The van der Waals surface area contributed by atoms with E-state index < -0.39 is 23.6 Å². The average Bonchev–Trinajstić information content (AvgIpc) is 2.52. The van der Waals surface area contributed by atoms with Crippen molar-refractivity contribution in [2.45, 2.75) is 25.4 Å². The summed E-state index contributed by atoms with van der Waals surface area (Å²) in [6.07, 6.45) is -4.77. The number of carboxylic acid groups (broad SMARTS) is 1. The number of carbonyl (C=O) groups is 1. The largest absolute Gasteiger partial charge is 0.494 e. The maximum absolute atomic E-state index is 13.1. The lowest BCUT2D eigenvalue weighted by Gasteiger charge is -2.17. The van der Waals surface area contributed by atoms with E-state index in [1.807, 2.05) is 0 Å². The van der Waals surface area contributed by atoms with Crippen molar-refractivity contribution in [2.24, 2.45) is 0 Å². The maximum atomic E-state index is 13.1. The number of rotatable bonds is 6. The second-order valence-electron chi connectivity index (χ2n) is 5.26. The molecule has 0 spiro atoms. The number of halogens is 3. The third kappa shape index (κ3) is 4.28. The van der Waals surface area contributed by atoms with Crippen LogP contribution >= 0.6 is 0 Å². The van der Waals surface area contributed by atoms with E-state index in [1.165, 1.54) is 18.2 Å². The summed E-state index contributed by atoms with van der Waals surface area (Å²) in [6, 6.07) is 11.5. The minimum Gasteiger partial charge on any atom is -0.494 e. The van der Waals surface area contributed by atoms with Gasteiger partial charge in [-0.2, -0.15) is 13.2 Å². The fourth-order valence-electron chi connectivity index (χ4n) is 2.53. The summed E-state index contributed by atoms with van der Waals surface area (Å²) >= 11 is 0. The third-order valence-electron chi connectivity index (χ3n) is 3.62. The Kier molecular flexibility index (Phi) is 5.49. The molecule has 0 radical (unpaired) electrons. The van der Waals surface area contributed by atoms with Crippen LogP contribution in [0.1, 0.15) is 29.5 Å². The lowest BCUT2D eigenvalue weighted by molar-refractivity contribution is -0.141. The third-order valence-corrected chi connectivity index (χ3v) is 3.62. The monoisotopic (exact) mass is 338 g/mol. The number of benzene rings is 2. The molecule has 1 unspecified atom stereocenters. The Morgan fingerprint density at radius 3 is 2.50 bits per heavy atom. The molecule has 0 aliphatic heterocycles. The van der Waals surface area contributed by atoms with Crippen LogP contribution in [-0.2, 0) is 17.4 Å². The van der Waals surface area contributed by atoms with Crippen molar-refractivity contribution in [2.75, 3.05) is 6.61 Å². The summed E-state index contributed by atoms with van der Waals surface area (Å²) < 4.78 is 44.6. The first kappa shape index (κ1) is 17.8. The van der Waals surface area contributed by atoms with Gasteiger partial charge in [0.15, 0.2) is 0 Å². The van der Waals surface area contributed by atoms with Crippen molar-refractivity contribution in [3.05, 3.63) is 65.2 Å². The molecule has 6 heteroatoms. The molecule has 0 aliphatic rings. The van der Waals surface area contributed by atoms with E-state index >= 15 is 0 Å². The summed E-state index contributed by atoms with van der Waals surface area (Å²) in [7, 11) is 0. The average molecular weight is 338 g/mol. The van der Waals surface area contributed by atoms with E-state index in [-0.39, 0.29) is 12.0 Å². The molecule has 2 rings (SSSR count). The molecule has 0 saturated carbocycles. The highest BCUT2D eigenvalue weighted by Crippen LogP contribution is 2.34. The maximum Gasteiger partial charge on any atom is 0.416 e. The first-order valence-electron chi connectivity index (χ1n) is 7.43. The van der Waals surface area contributed by atoms with E-state index in [9.17, 15) is 23.1 Å². The van der Waals surface area contributed by atoms with Crippen LogP contribution in [-0.4, -0.2) is 17.7 Å². The summed E-state index contributed by atoms with van der Waals surface area (Å²) in [5.41, 5.74) is -0.443. The predicted molar refractivity (Wildman–Crippen MR) is 83.1 cm³/mol. The van der Waals surface area contributed by atoms with Gasteiger partial charge in [0.25, 0.3) is 0 Å². The minimum atomic E-state index is -4.52. The van der Waals surface area contributed by atoms with Gasteiger partial charge in [0.2, 0.25) is 0 Å². The molecule has 1 N–H and O–H groups in total. The zero-order chi connectivity index (χ0) is 17.7. The Labute approximate surface area is 137 Å². The number of hydrogen-bond donors (Lipinski definition) is 1. The van der Waals surface area contributed by atoms with E-state index in [0.717, 1.165) is 6.07 Å². The fourth-order valence-corrected chi connectivity index (χ4v) is 2.53. The van der Waals surface area contributed by atoms with Gasteiger partial charge in [-0.15, -0.1) is 0 Å². The first-order valence-corrected chi connectivity index (χ1v) is 7.43. The molecule has 2 aromatic rings. The zero-order valence-electron chi connectivity index (χ0n) is 13.0. The van der Waals surface area contributed by atoms with Crippen LogP contribution in [0.25, 0.3) is 0 Å². The molecule has 0 amide bonds. The quantitative estimate of drug-likeness (QED) is 0.843. The zero-order valence-corrected chi connectivity index (χ0v) is 13.0. The van der Waals surface area contributed by atoms with Gasteiger partial charge in [-0.3, -0.25) is 4.79 Å². The Morgan fingerprint density at radius 1 is 1.17 bits per heavy atom. The molecule has 0 fully saturated rings. The van der Waals surface area contributed by atoms with Crippen LogP contribution in [0, 0.1) is 0 Å². The molecular formula is C18H17F3O3. The van der Waals surface area contributed by atoms with Crippen molar-refractivity contribution < 1.29 is 27.8 Å². The topological polar surface area (TPSA) is 46.5 Å². The van der Waals surface area contributed by atoms with Crippen molar-refractivity contribution in [3.63, 3.8) is 0 Å². The van der Waals surface area contributed by atoms with Gasteiger partial charge >= 0.3 is 12.1 Å². The van der Waals surface area contributed by atoms with Crippen LogP contribution < -0.4 is 4.74 Å². The lowest BCUT2D eigenvalue weighted by atomic mass is 9.89. The Hall–Kier alpha value is -2.50. The van der Waals surface area contributed by atoms with Gasteiger partial charge in [-0.05, 0) is 42.7 Å². The normalized spacial score (nSPS) is 12.7. The molecule has 1 atom stereocenters. The molecule has 0 bridgehead atoms. The highest BCUT2D eigenvalue weighted by Gasteiger charge is 2.34. The summed E-state index contributed by atoms with van der Waals surface area (Å²) in [5.74, 6) is -1.78. The molecule has 128 valence electrons. The Morgan fingerprint density at radius 2 is 1.88 bits per heavy atom. The fraction of sp³-hybridized carbons (Fsp3) is 0.278. The Balaban J connectivity index is 2.37. The van der Waals surface area contributed by atoms with Crippen LogP contribution in [0.3, 0.4) is 0 Å².